The van der Waals surface area contributed by atoms with Gasteiger partial charge in [-0.1, -0.05) is 59.8 Å². The summed E-state index contributed by atoms with van der Waals surface area (Å²) in [6, 6.07) is 25.6. The van der Waals surface area contributed by atoms with Gasteiger partial charge in [0.05, 0.1) is 0 Å². The monoisotopic (exact) mass is 374 g/mol. The number of hydrogen-bond donors (Lipinski definition) is 2. The Kier molecular flexibility index (Phi) is 6.41. The molecular weight excluding hydrogens is 352 g/mol. The first kappa shape index (κ1) is 19.2. The highest BCUT2D eigenvalue weighted by atomic mass is 16.6. The van der Waals surface area contributed by atoms with Crippen LogP contribution in [0, 0.1) is 0 Å². The minimum absolute atomic E-state index is 0.135. The number of aryl methyl sites for hydroxylation is 1. The molecule has 0 saturated carbocycles. The Morgan fingerprint density at radius 1 is 0.929 bits per heavy atom. The molecule has 0 saturated heterocycles. The molecule has 5 heteroatoms. The molecule has 3 rings (SSSR count). The Morgan fingerprint density at radius 2 is 1.64 bits per heavy atom. The molecule has 0 unspecified atom stereocenters. The first-order valence-corrected chi connectivity index (χ1v) is 9.00. The largest absolute Gasteiger partial charge is 0.481 e. The normalized spacial score (nSPS) is 11.1. The lowest BCUT2D eigenvalue weighted by Gasteiger charge is -2.11. The van der Waals surface area contributed by atoms with E-state index < -0.39 is 5.97 Å². The second-order valence-electron chi connectivity index (χ2n) is 6.28. The van der Waals surface area contributed by atoms with E-state index in [1.54, 1.807) is 0 Å². The van der Waals surface area contributed by atoms with Gasteiger partial charge in [-0.15, -0.1) is 0 Å². The number of carbonyl (C=O) groups is 1. The highest BCUT2D eigenvalue weighted by molar-refractivity contribution is 6.13. The predicted octanol–water partition coefficient (Wildman–Crippen LogP) is 4.85. The van der Waals surface area contributed by atoms with E-state index in [9.17, 15) is 4.79 Å². The smallest absolute Gasteiger partial charge is 0.303 e. The van der Waals surface area contributed by atoms with Crippen LogP contribution in [-0.4, -0.2) is 23.9 Å². The summed E-state index contributed by atoms with van der Waals surface area (Å²) >= 11 is 0. The molecular formula is C23H22N2O3. The second-order valence-corrected chi connectivity index (χ2v) is 6.28. The molecule has 0 heterocycles. The summed E-state index contributed by atoms with van der Waals surface area (Å²) in [6.45, 7) is 0. The van der Waals surface area contributed by atoms with Crippen LogP contribution >= 0.6 is 0 Å². The Bertz CT molecular complexity index is 951. The van der Waals surface area contributed by atoms with Crippen molar-refractivity contribution in [2.24, 2.45) is 5.16 Å². The molecule has 0 radical (unpaired) electrons. The van der Waals surface area contributed by atoms with Crippen LogP contribution in [0.3, 0.4) is 0 Å². The van der Waals surface area contributed by atoms with E-state index in [4.69, 9.17) is 9.94 Å². The van der Waals surface area contributed by atoms with Crippen molar-refractivity contribution in [1.82, 2.24) is 0 Å². The van der Waals surface area contributed by atoms with Crippen LogP contribution in [0.1, 0.15) is 23.1 Å². The lowest BCUT2D eigenvalue weighted by atomic mass is 10.0. The number of benzene rings is 3. The van der Waals surface area contributed by atoms with Crippen molar-refractivity contribution in [2.75, 3.05) is 12.4 Å². The summed E-state index contributed by atoms with van der Waals surface area (Å²) in [5, 5.41) is 16.4. The van der Waals surface area contributed by atoms with Gasteiger partial charge in [0, 0.05) is 28.9 Å². The molecule has 2 N–H and O–H groups in total. The van der Waals surface area contributed by atoms with Crippen molar-refractivity contribution in [2.45, 2.75) is 12.8 Å². The summed E-state index contributed by atoms with van der Waals surface area (Å²) in [6.07, 6.45) is 0.662. The number of carboxylic acid groups (broad SMARTS) is 1. The quantitative estimate of drug-likeness (QED) is 0.437. The first-order valence-electron chi connectivity index (χ1n) is 9.00. The van der Waals surface area contributed by atoms with Gasteiger partial charge in [-0.05, 0) is 36.2 Å². The molecule has 0 amide bonds. The van der Waals surface area contributed by atoms with Gasteiger partial charge in [0.25, 0.3) is 0 Å². The average molecular weight is 374 g/mol. The molecule has 0 spiro atoms. The number of nitrogens with one attached hydrogen (secondary N) is 1. The van der Waals surface area contributed by atoms with E-state index in [-0.39, 0.29) is 6.42 Å². The van der Waals surface area contributed by atoms with Crippen molar-refractivity contribution in [3.63, 3.8) is 0 Å². The topological polar surface area (TPSA) is 70.9 Å². The van der Waals surface area contributed by atoms with Crippen LogP contribution in [0.15, 0.2) is 84.0 Å². The Morgan fingerprint density at radius 3 is 2.32 bits per heavy atom. The molecule has 0 fully saturated rings. The third-order valence-electron chi connectivity index (χ3n) is 4.24. The minimum Gasteiger partial charge on any atom is -0.481 e. The molecule has 3 aromatic carbocycles. The summed E-state index contributed by atoms with van der Waals surface area (Å²) in [4.78, 5) is 15.7. The number of carboxylic acids is 1. The molecule has 142 valence electrons. The van der Waals surface area contributed by atoms with E-state index in [0.717, 1.165) is 33.8 Å². The maximum absolute atomic E-state index is 10.7. The van der Waals surface area contributed by atoms with Gasteiger partial charge in [0.1, 0.15) is 12.8 Å². The summed E-state index contributed by atoms with van der Waals surface area (Å²) < 4.78 is 0. The van der Waals surface area contributed by atoms with Crippen molar-refractivity contribution < 1.29 is 14.7 Å². The highest BCUT2D eigenvalue weighted by Crippen LogP contribution is 2.21. The third-order valence-corrected chi connectivity index (χ3v) is 4.24. The van der Waals surface area contributed by atoms with E-state index in [1.165, 1.54) is 7.11 Å². The maximum atomic E-state index is 10.7. The first-order chi connectivity index (χ1) is 13.7. The predicted molar refractivity (Wildman–Crippen MR) is 111 cm³/mol. The Balaban J connectivity index is 1.77. The van der Waals surface area contributed by atoms with Crippen molar-refractivity contribution in [3.8, 4) is 0 Å². The van der Waals surface area contributed by atoms with Crippen LogP contribution in [0.2, 0.25) is 0 Å². The van der Waals surface area contributed by atoms with E-state index in [2.05, 4.69) is 10.5 Å². The third kappa shape index (κ3) is 5.20. The lowest BCUT2D eigenvalue weighted by molar-refractivity contribution is -0.136. The molecule has 0 atom stereocenters. The average Bonchev–Trinajstić information content (AvgIpc) is 2.72. The lowest BCUT2D eigenvalue weighted by Crippen LogP contribution is -2.04. The number of rotatable bonds is 8. The summed E-state index contributed by atoms with van der Waals surface area (Å²) in [5.41, 5.74) is 5.54. The SMILES string of the molecule is CO/N=C(/c1ccccc1)c1cccc(Nc2ccc(CCC(=O)O)cc2)c1. The van der Waals surface area contributed by atoms with Gasteiger partial charge in [-0.25, -0.2) is 0 Å². The fourth-order valence-electron chi connectivity index (χ4n) is 2.88. The molecule has 0 aliphatic heterocycles. The van der Waals surface area contributed by atoms with E-state index in [0.29, 0.717) is 6.42 Å². The highest BCUT2D eigenvalue weighted by Gasteiger charge is 2.09. The molecule has 3 aromatic rings. The number of hydrogen-bond acceptors (Lipinski definition) is 4. The molecule has 0 aliphatic rings. The zero-order valence-electron chi connectivity index (χ0n) is 15.6. The second kappa shape index (κ2) is 9.37. The van der Waals surface area contributed by atoms with Gasteiger partial charge in [0.2, 0.25) is 0 Å². The zero-order chi connectivity index (χ0) is 19.8. The van der Waals surface area contributed by atoms with E-state index in [1.807, 2.05) is 78.9 Å². The van der Waals surface area contributed by atoms with Gasteiger partial charge >= 0.3 is 5.97 Å². The van der Waals surface area contributed by atoms with Crippen molar-refractivity contribution in [1.29, 1.82) is 0 Å². The number of oxime groups is 1. The number of aliphatic carboxylic acids is 1. The van der Waals surface area contributed by atoms with Gasteiger partial charge in [-0.3, -0.25) is 4.79 Å². The number of anilines is 2. The summed E-state index contributed by atoms with van der Waals surface area (Å²) in [5.74, 6) is -0.786. The molecule has 28 heavy (non-hydrogen) atoms. The fourth-order valence-corrected chi connectivity index (χ4v) is 2.88. The molecule has 0 aliphatic carbocycles. The van der Waals surface area contributed by atoms with Crippen LogP contribution < -0.4 is 5.32 Å². The maximum Gasteiger partial charge on any atom is 0.303 e. The van der Waals surface area contributed by atoms with Gasteiger partial charge < -0.3 is 15.3 Å². The van der Waals surface area contributed by atoms with Crippen LogP contribution in [0.25, 0.3) is 0 Å². The van der Waals surface area contributed by atoms with E-state index >= 15 is 0 Å². The van der Waals surface area contributed by atoms with Crippen LogP contribution in [-0.2, 0) is 16.1 Å². The molecule has 5 nitrogen and oxygen atoms in total. The van der Waals surface area contributed by atoms with Crippen LogP contribution in [0.5, 0.6) is 0 Å². The van der Waals surface area contributed by atoms with Gasteiger partial charge in [-0.2, -0.15) is 0 Å². The van der Waals surface area contributed by atoms with Crippen LogP contribution in [0.4, 0.5) is 11.4 Å². The fraction of sp³-hybridized carbons (Fsp3) is 0.130. The van der Waals surface area contributed by atoms with Crippen molar-refractivity contribution in [3.05, 3.63) is 95.6 Å². The zero-order valence-corrected chi connectivity index (χ0v) is 15.6. The standard InChI is InChI=1S/C23H22N2O3/c1-28-25-23(18-6-3-2-4-7-18)19-8-5-9-21(16-19)24-20-13-10-17(11-14-20)12-15-22(26)27/h2-11,13-14,16,24H,12,15H2,1H3,(H,26,27)/b25-23-. The number of nitrogens with zero attached hydrogens (tertiary/aromatic N) is 1. The summed E-state index contributed by atoms with van der Waals surface area (Å²) in [7, 11) is 1.54. The molecule has 0 bridgehead atoms. The Hall–Kier alpha value is -3.60. The van der Waals surface area contributed by atoms with Crippen molar-refractivity contribution >= 4 is 23.1 Å². The molecule has 0 aromatic heterocycles. The minimum atomic E-state index is -0.786. The van der Waals surface area contributed by atoms with Gasteiger partial charge in [0.15, 0.2) is 0 Å². The Labute approximate surface area is 164 Å².